The molecule has 6 heteroatoms. The van der Waals surface area contributed by atoms with E-state index in [0.29, 0.717) is 12.3 Å². The number of ether oxygens (including phenoxy) is 1. The van der Waals surface area contributed by atoms with E-state index in [2.05, 4.69) is 4.90 Å². The molecule has 0 saturated carbocycles. The molecule has 1 aliphatic rings. The summed E-state index contributed by atoms with van der Waals surface area (Å²) in [6.07, 6.45) is 0.812. The van der Waals surface area contributed by atoms with Gasteiger partial charge in [0.25, 0.3) is 0 Å². The first-order valence-corrected chi connectivity index (χ1v) is 7.79. The molecule has 1 aliphatic heterocycles. The number of hydrogen-bond acceptors (Lipinski definition) is 3. The average Bonchev–Trinajstić information content (AvgIpc) is 2.37. The maximum atomic E-state index is 13.0. The molecule has 0 bridgehead atoms. The van der Waals surface area contributed by atoms with Crippen LogP contribution in [0.5, 0.6) is 5.75 Å². The smallest absolute Gasteiger partial charge is 0.222 e. The van der Waals surface area contributed by atoms with Crippen molar-refractivity contribution in [3.63, 3.8) is 0 Å². The molecule has 1 aromatic rings. The third-order valence-corrected chi connectivity index (χ3v) is 4.58. The van der Waals surface area contributed by atoms with Crippen LogP contribution in [0.4, 0.5) is 0 Å². The number of hydroxylamine groups is 3. The molecule has 0 N–H and O–H groups in total. The normalized spacial score (nSPS) is 27.5. The molecule has 0 aromatic heterocycles. The number of alkyl halides is 2. The lowest BCUT2D eigenvalue weighted by Crippen LogP contribution is -2.68. The SMILES string of the molecule is COc1ccccc1C1C(Cl)(Cl)C[N+]1([O-])CCCN(C)C. The van der Waals surface area contributed by atoms with Gasteiger partial charge in [-0.05, 0) is 26.2 Å². The van der Waals surface area contributed by atoms with Crippen molar-refractivity contribution in [2.75, 3.05) is 40.8 Å². The molecule has 1 fully saturated rings. The number of benzene rings is 1. The summed E-state index contributed by atoms with van der Waals surface area (Å²) in [7, 11) is 5.58. The number of hydrogen-bond donors (Lipinski definition) is 0. The average molecular weight is 333 g/mol. The minimum atomic E-state index is -1.03. The Morgan fingerprint density at radius 3 is 2.62 bits per heavy atom. The highest BCUT2D eigenvalue weighted by atomic mass is 35.5. The number of halogens is 2. The van der Waals surface area contributed by atoms with Crippen molar-refractivity contribution in [2.45, 2.75) is 16.8 Å². The van der Waals surface area contributed by atoms with Crippen molar-refractivity contribution in [1.29, 1.82) is 0 Å². The Hall–Kier alpha value is -0.520. The van der Waals surface area contributed by atoms with Crippen molar-refractivity contribution in [2.24, 2.45) is 0 Å². The molecule has 0 aliphatic carbocycles. The lowest BCUT2D eigenvalue weighted by Gasteiger charge is -2.62. The van der Waals surface area contributed by atoms with E-state index < -0.39 is 10.4 Å². The number of quaternary nitrogens is 1. The highest BCUT2D eigenvalue weighted by molar-refractivity contribution is 6.49. The molecule has 0 amide bonds. The molecule has 0 radical (unpaired) electrons. The van der Waals surface area contributed by atoms with Crippen molar-refractivity contribution in [3.8, 4) is 5.75 Å². The predicted octanol–water partition coefficient (Wildman–Crippen LogP) is 3.19. The van der Waals surface area contributed by atoms with E-state index in [-0.39, 0.29) is 11.2 Å². The van der Waals surface area contributed by atoms with E-state index in [1.54, 1.807) is 7.11 Å². The summed E-state index contributed by atoms with van der Waals surface area (Å²) in [5.41, 5.74) is 0.788. The zero-order valence-electron chi connectivity index (χ0n) is 12.7. The van der Waals surface area contributed by atoms with Crippen LogP contribution in [0.25, 0.3) is 0 Å². The van der Waals surface area contributed by atoms with Gasteiger partial charge in [-0.15, -0.1) is 0 Å². The van der Waals surface area contributed by atoms with Crippen LogP contribution in [0.2, 0.25) is 0 Å². The second-order valence-electron chi connectivity index (χ2n) is 5.90. The summed E-state index contributed by atoms with van der Waals surface area (Å²) in [6.45, 7) is 1.59. The maximum Gasteiger partial charge on any atom is 0.222 e. The van der Waals surface area contributed by atoms with Gasteiger partial charge in [-0.3, -0.25) is 0 Å². The highest BCUT2D eigenvalue weighted by Crippen LogP contribution is 2.56. The van der Waals surface area contributed by atoms with Crippen molar-refractivity contribution < 1.29 is 9.38 Å². The molecule has 1 saturated heterocycles. The van der Waals surface area contributed by atoms with Gasteiger partial charge in [0.15, 0.2) is 6.04 Å². The van der Waals surface area contributed by atoms with Crippen LogP contribution in [0.1, 0.15) is 18.0 Å². The Morgan fingerprint density at radius 2 is 2.05 bits per heavy atom. The Bertz CT molecular complexity index is 496. The molecule has 1 heterocycles. The molecule has 4 nitrogen and oxygen atoms in total. The largest absolute Gasteiger partial charge is 0.632 e. The van der Waals surface area contributed by atoms with Crippen molar-refractivity contribution in [1.82, 2.24) is 4.90 Å². The molecule has 2 unspecified atom stereocenters. The van der Waals surface area contributed by atoms with Crippen LogP contribution in [-0.4, -0.2) is 54.7 Å². The number of rotatable bonds is 6. The van der Waals surface area contributed by atoms with Gasteiger partial charge in [0.2, 0.25) is 4.33 Å². The van der Waals surface area contributed by atoms with E-state index in [1.807, 2.05) is 38.4 Å². The lowest BCUT2D eigenvalue weighted by molar-refractivity contribution is -0.954. The standard InChI is InChI=1S/C15H22Cl2N2O2/c1-18(2)9-6-10-19(20)11-15(16,17)14(19)12-7-4-5-8-13(12)21-3/h4-5,7-8,14H,6,9-11H2,1-3H3. The van der Waals surface area contributed by atoms with E-state index in [0.717, 1.165) is 18.5 Å². The first kappa shape index (κ1) is 16.8. The summed E-state index contributed by atoms with van der Waals surface area (Å²) in [5, 5.41) is 13.0. The summed E-state index contributed by atoms with van der Waals surface area (Å²) >= 11 is 12.7. The quantitative estimate of drug-likeness (QED) is 0.456. The molecular formula is C15H22Cl2N2O2. The van der Waals surface area contributed by atoms with Crippen molar-refractivity contribution >= 4 is 23.2 Å². The predicted molar refractivity (Wildman–Crippen MR) is 86.7 cm³/mol. The number of para-hydroxylation sites is 1. The zero-order chi connectivity index (χ0) is 15.7. The van der Waals surface area contributed by atoms with E-state index >= 15 is 0 Å². The van der Waals surface area contributed by atoms with Gasteiger partial charge in [-0.2, -0.15) is 0 Å². The summed E-state index contributed by atoms with van der Waals surface area (Å²) < 4.78 is 3.94. The molecule has 118 valence electrons. The fraction of sp³-hybridized carbons (Fsp3) is 0.600. The van der Waals surface area contributed by atoms with Crippen LogP contribution in [0, 0.1) is 5.21 Å². The van der Waals surface area contributed by atoms with Crippen LogP contribution < -0.4 is 4.74 Å². The van der Waals surface area contributed by atoms with Gasteiger partial charge in [-0.1, -0.05) is 35.3 Å². The fourth-order valence-electron chi connectivity index (χ4n) is 3.00. The zero-order valence-corrected chi connectivity index (χ0v) is 14.2. The summed E-state index contributed by atoms with van der Waals surface area (Å²) in [4.78, 5) is 2.07. The fourth-order valence-corrected chi connectivity index (χ4v) is 4.00. The van der Waals surface area contributed by atoms with Crippen LogP contribution in [0.15, 0.2) is 24.3 Å². The summed E-state index contributed by atoms with van der Waals surface area (Å²) in [5.74, 6) is 0.666. The monoisotopic (exact) mass is 332 g/mol. The van der Waals surface area contributed by atoms with Crippen LogP contribution in [0.3, 0.4) is 0 Å². The Balaban J connectivity index is 2.21. The molecule has 21 heavy (non-hydrogen) atoms. The van der Waals surface area contributed by atoms with Crippen LogP contribution in [-0.2, 0) is 0 Å². The molecular weight excluding hydrogens is 311 g/mol. The van der Waals surface area contributed by atoms with Gasteiger partial charge in [0.05, 0.1) is 19.2 Å². The molecule has 1 aromatic carbocycles. The van der Waals surface area contributed by atoms with Gasteiger partial charge >= 0.3 is 0 Å². The van der Waals surface area contributed by atoms with E-state index in [4.69, 9.17) is 27.9 Å². The first-order valence-electron chi connectivity index (χ1n) is 7.03. The van der Waals surface area contributed by atoms with Gasteiger partial charge < -0.3 is 19.5 Å². The van der Waals surface area contributed by atoms with E-state index in [1.165, 1.54) is 0 Å². The Labute approximate surface area is 136 Å². The maximum absolute atomic E-state index is 13.0. The highest BCUT2D eigenvalue weighted by Gasteiger charge is 2.60. The summed E-state index contributed by atoms with van der Waals surface area (Å²) in [6, 6.07) is 6.96. The lowest BCUT2D eigenvalue weighted by atomic mass is 9.91. The third kappa shape index (κ3) is 3.46. The van der Waals surface area contributed by atoms with Crippen LogP contribution >= 0.6 is 23.2 Å². The second kappa shape index (κ2) is 6.31. The number of methoxy groups -OCH3 is 1. The molecule has 0 spiro atoms. The van der Waals surface area contributed by atoms with Gasteiger partial charge in [-0.25, -0.2) is 0 Å². The minimum Gasteiger partial charge on any atom is -0.632 e. The van der Waals surface area contributed by atoms with Gasteiger partial charge in [0.1, 0.15) is 12.3 Å². The third-order valence-electron chi connectivity index (χ3n) is 3.92. The Kier molecular flexibility index (Phi) is 5.06. The van der Waals surface area contributed by atoms with Gasteiger partial charge in [0, 0.05) is 13.0 Å². The molecule has 2 atom stereocenters. The minimum absolute atomic E-state index is 0.215. The molecule has 2 rings (SSSR count). The Morgan fingerprint density at radius 1 is 1.38 bits per heavy atom. The van der Waals surface area contributed by atoms with Crippen molar-refractivity contribution in [3.05, 3.63) is 35.0 Å². The number of likely N-dealkylation sites (tertiary alicyclic amines) is 1. The van der Waals surface area contributed by atoms with E-state index in [9.17, 15) is 5.21 Å². The first-order chi connectivity index (χ1) is 9.80. The second-order valence-corrected chi connectivity index (χ2v) is 7.44. The topological polar surface area (TPSA) is 35.5 Å². The number of nitrogens with zero attached hydrogens (tertiary/aromatic N) is 2.